The van der Waals surface area contributed by atoms with Crippen LogP contribution in [0.4, 0.5) is 10.1 Å². The van der Waals surface area contributed by atoms with E-state index in [1.54, 1.807) is 42.3 Å². The van der Waals surface area contributed by atoms with Gasteiger partial charge in [0.05, 0.1) is 27.4 Å². The van der Waals surface area contributed by atoms with Crippen LogP contribution in [0, 0.1) is 28.5 Å². The summed E-state index contributed by atoms with van der Waals surface area (Å²) in [7, 11) is 1.76. The molecule has 0 amide bonds. The fourth-order valence-corrected chi connectivity index (χ4v) is 2.44. The van der Waals surface area contributed by atoms with Crippen LogP contribution >= 0.6 is 15.9 Å². The lowest BCUT2D eigenvalue weighted by Crippen LogP contribution is -2.18. The molecule has 21 heavy (non-hydrogen) atoms. The minimum Gasteiger partial charge on any atom is -0.368 e. The van der Waals surface area contributed by atoms with Gasteiger partial charge in [-0.05, 0) is 45.8 Å². The molecular weight excluding hydrogens is 333 g/mol. The van der Waals surface area contributed by atoms with Gasteiger partial charge in [-0.3, -0.25) is 0 Å². The van der Waals surface area contributed by atoms with Crippen molar-refractivity contribution in [1.82, 2.24) is 0 Å². The second-order valence-corrected chi connectivity index (χ2v) is 5.33. The highest BCUT2D eigenvalue weighted by molar-refractivity contribution is 9.10. The summed E-state index contributed by atoms with van der Waals surface area (Å²) in [6.45, 7) is 0.463. The van der Waals surface area contributed by atoms with Crippen LogP contribution in [0.2, 0.25) is 0 Å². The van der Waals surface area contributed by atoms with E-state index in [-0.39, 0.29) is 10.0 Å². The van der Waals surface area contributed by atoms with Crippen molar-refractivity contribution < 1.29 is 4.39 Å². The number of nitriles is 2. The molecule has 2 aromatic carbocycles. The lowest BCUT2D eigenvalue weighted by atomic mass is 10.1. The van der Waals surface area contributed by atoms with Crippen LogP contribution in [-0.4, -0.2) is 7.05 Å². The van der Waals surface area contributed by atoms with Gasteiger partial charge < -0.3 is 4.90 Å². The van der Waals surface area contributed by atoms with Crippen molar-refractivity contribution in [3.05, 3.63) is 63.4 Å². The third-order valence-electron chi connectivity index (χ3n) is 3.07. The molecule has 0 aliphatic heterocycles. The summed E-state index contributed by atoms with van der Waals surface area (Å²) in [5, 5.41) is 17.8. The average Bonchev–Trinajstić information content (AvgIpc) is 2.50. The summed E-state index contributed by atoms with van der Waals surface area (Å²) < 4.78 is 14.4. The average molecular weight is 344 g/mol. The molecule has 0 bridgehead atoms. The van der Waals surface area contributed by atoms with Crippen molar-refractivity contribution in [1.29, 1.82) is 10.5 Å². The Balaban J connectivity index is 2.29. The molecule has 0 radical (unpaired) electrons. The Morgan fingerprint density at radius 1 is 1.19 bits per heavy atom. The van der Waals surface area contributed by atoms with Crippen molar-refractivity contribution in [3.8, 4) is 12.1 Å². The van der Waals surface area contributed by atoms with E-state index in [0.29, 0.717) is 17.8 Å². The number of hydrogen-bond acceptors (Lipinski definition) is 3. The minimum atomic E-state index is -0.465. The van der Waals surface area contributed by atoms with Gasteiger partial charge >= 0.3 is 0 Å². The molecule has 0 aliphatic carbocycles. The summed E-state index contributed by atoms with van der Waals surface area (Å²) in [4.78, 5) is 1.73. The van der Waals surface area contributed by atoms with E-state index in [2.05, 4.69) is 22.0 Å². The number of anilines is 1. The normalized spacial score (nSPS) is 9.76. The van der Waals surface area contributed by atoms with Crippen molar-refractivity contribution in [2.45, 2.75) is 6.54 Å². The largest absolute Gasteiger partial charge is 0.368 e. The Morgan fingerprint density at radius 2 is 1.95 bits per heavy atom. The molecule has 0 atom stereocenters. The Bertz CT molecular complexity index is 759. The summed E-state index contributed by atoms with van der Waals surface area (Å²) in [6, 6.07) is 14.3. The number of nitrogens with zero attached hydrogens (tertiary/aromatic N) is 3. The van der Waals surface area contributed by atoms with Gasteiger partial charge in [-0.25, -0.2) is 4.39 Å². The van der Waals surface area contributed by atoms with E-state index < -0.39 is 5.82 Å². The third kappa shape index (κ3) is 3.21. The number of hydrogen-bond donors (Lipinski definition) is 0. The first kappa shape index (κ1) is 15.0. The number of rotatable bonds is 3. The van der Waals surface area contributed by atoms with Crippen LogP contribution in [0.25, 0.3) is 0 Å². The molecule has 0 aromatic heterocycles. The number of benzene rings is 2. The maximum Gasteiger partial charge on any atom is 0.161 e. The van der Waals surface area contributed by atoms with Crippen LogP contribution in [0.15, 0.2) is 40.9 Å². The zero-order chi connectivity index (χ0) is 15.4. The van der Waals surface area contributed by atoms with Crippen molar-refractivity contribution >= 4 is 21.6 Å². The standard InChI is InChI=1S/C16H11BrFN3/c1-21(10-12-4-2-3-11(7-12)8-19)14-6-5-13(9-20)15(17)16(14)18/h2-7H,10H2,1H3. The van der Waals surface area contributed by atoms with E-state index in [1.807, 2.05) is 12.1 Å². The first-order valence-corrected chi connectivity index (χ1v) is 6.94. The Labute approximate surface area is 131 Å². The molecule has 0 spiro atoms. The molecule has 0 saturated heterocycles. The Morgan fingerprint density at radius 3 is 2.62 bits per heavy atom. The van der Waals surface area contributed by atoms with E-state index in [0.717, 1.165) is 5.56 Å². The molecule has 5 heteroatoms. The van der Waals surface area contributed by atoms with E-state index in [9.17, 15) is 4.39 Å². The van der Waals surface area contributed by atoms with Gasteiger partial charge in [-0.2, -0.15) is 10.5 Å². The van der Waals surface area contributed by atoms with Gasteiger partial charge in [0, 0.05) is 13.6 Å². The maximum atomic E-state index is 14.3. The highest BCUT2D eigenvalue weighted by Gasteiger charge is 2.14. The van der Waals surface area contributed by atoms with E-state index >= 15 is 0 Å². The molecular formula is C16H11BrFN3. The second kappa shape index (κ2) is 6.39. The van der Waals surface area contributed by atoms with E-state index in [4.69, 9.17) is 10.5 Å². The first-order chi connectivity index (χ1) is 10.1. The summed E-state index contributed by atoms with van der Waals surface area (Å²) in [5.74, 6) is -0.465. The van der Waals surface area contributed by atoms with Crippen molar-refractivity contribution in [2.75, 3.05) is 11.9 Å². The van der Waals surface area contributed by atoms with Gasteiger partial charge in [-0.15, -0.1) is 0 Å². The van der Waals surface area contributed by atoms with Crippen LogP contribution < -0.4 is 4.90 Å². The second-order valence-electron chi connectivity index (χ2n) is 4.54. The predicted octanol–water partition coefficient (Wildman–Crippen LogP) is 3.97. The lowest BCUT2D eigenvalue weighted by Gasteiger charge is -2.21. The Kier molecular flexibility index (Phi) is 4.57. The molecule has 2 aromatic rings. The molecule has 0 aliphatic rings. The molecule has 0 saturated carbocycles. The monoisotopic (exact) mass is 343 g/mol. The van der Waals surface area contributed by atoms with Crippen molar-refractivity contribution in [2.24, 2.45) is 0 Å². The van der Waals surface area contributed by atoms with Crippen LogP contribution in [0.3, 0.4) is 0 Å². The molecule has 0 N–H and O–H groups in total. The van der Waals surface area contributed by atoms with Crippen LogP contribution in [0.5, 0.6) is 0 Å². The molecule has 104 valence electrons. The summed E-state index contributed by atoms with van der Waals surface area (Å²) in [6.07, 6.45) is 0. The fraction of sp³-hybridized carbons (Fsp3) is 0.125. The molecule has 0 unspecified atom stereocenters. The highest BCUT2D eigenvalue weighted by Crippen LogP contribution is 2.29. The molecule has 0 fully saturated rings. The zero-order valence-electron chi connectivity index (χ0n) is 11.3. The van der Waals surface area contributed by atoms with Gasteiger partial charge in [0.2, 0.25) is 0 Å². The maximum absolute atomic E-state index is 14.3. The smallest absolute Gasteiger partial charge is 0.161 e. The van der Waals surface area contributed by atoms with Crippen LogP contribution in [0.1, 0.15) is 16.7 Å². The topological polar surface area (TPSA) is 50.8 Å². The summed E-state index contributed by atoms with van der Waals surface area (Å²) >= 11 is 3.10. The third-order valence-corrected chi connectivity index (χ3v) is 3.84. The van der Waals surface area contributed by atoms with Crippen LogP contribution in [-0.2, 0) is 6.54 Å². The minimum absolute atomic E-state index is 0.167. The highest BCUT2D eigenvalue weighted by atomic mass is 79.9. The van der Waals surface area contributed by atoms with Gasteiger partial charge in [-0.1, -0.05) is 12.1 Å². The first-order valence-electron chi connectivity index (χ1n) is 6.15. The van der Waals surface area contributed by atoms with Crippen molar-refractivity contribution in [3.63, 3.8) is 0 Å². The lowest BCUT2D eigenvalue weighted by molar-refractivity contribution is 0.615. The van der Waals surface area contributed by atoms with Gasteiger partial charge in [0.1, 0.15) is 6.07 Å². The molecule has 0 heterocycles. The summed E-state index contributed by atoms with van der Waals surface area (Å²) in [5.41, 5.74) is 2.14. The van der Waals surface area contributed by atoms with E-state index in [1.165, 1.54) is 0 Å². The SMILES string of the molecule is CN(Cc1cccc(C#N)c1)c1ccc(C#N)c(Br)c1F. The van der Waals surface area contributed by atoms with Gasteiger partial charge in [0.25, 0.3) is 0 Å². The fourth-order valence-electron chi connectivity index (χ4n) is 2.02. The quantitative estimate of drug-likeness (QED) is 0.847. The predicted molar refractivity (Wildman–Crippen MR) is 82.1 cm³/mol. The molecule has 3 nitrogen and oxygen atoms in total. The molecule has 2 rings (SSSR count). The Hall–Kier alpha value is -2.37. The number of halogens is 2. The zero-order valence-corrected chi connectivity index (χ0v) is 12.9. The van der Waals surface area contributed by atoms with Gasteiger partial charge in [0.15, 0.2) is 5.82 Å².